The molecule has 5 rings (SSSR count). The highest BCUT2D eigenvalue weighted by Crippen LogP contribution is 2.43. The molecule has 2 aromatic carbocycles. The number of aromatic nitrogens is 2. The van der Waals surface area contributed by atoms with E-state index < -0.39 is 17.7 Å². The van der Waals surface area contributed by atoms with E-state index in [4.69, 9.17) is 14.2 Å². The zero-order valence-electron chi connectivity index (χ0n) is 20.5. The molecule has 0 bridgehead atoms. The number of fused-ring (bicyclic) bond motifs is 1. The lowest BCUT2D eigenvalue weighted by Crippen LogP contribution is -2.30. The Bertz CT molecular complexity index is 1450. The van der Waals surface area contributed by atoms with E-state index in [0.717, 1.165) is 6.42 Å². The van der Waals surface area contributed by atoms with Crippen LogP contribution in [-0.4, -0.2) is 47.6 Å². The maximum absolute atomic E-state index is 13.4. The van der Waals surface area contributed by atoms with Gasteiger partial charge in [-0.15, -0.1) is 11.3 Å². The highest BCUT2D eigenvalue weighted by Gasteiger charge is 2.48. The van der Waals surface area contributed by atoms with Crippen LogP contribution in [0.3, 0.4) is 0 Å². The van der Waals surface area contributed by atoms with Crippen LogP contribution in [0.4, 0.5) is 5.95 Å². The summed E-state index contributed by atoms with van der Waals surface area (Å²) in [5, 5.41) is 13.1. The van der Waals surface area contributed by atoms with Crippen molar-refractivity contribution in [1.29, 1.82) is 0 Å². The summed E-state index contributed by atoms with van der Waals surface area (Å²) in [6.45, 7) is 2.59. The van der Waals surface area contributed by atoms with Crippen LogP contribution < -0.4 is 19.1 Å². The van der Waals surface area contributed by atoms with Gasteiger partial charge in [0.1, 0.15) is 17.6 Å². The lowest BCUT2D eigenvalue weighted by atomic mass is 10.00. The Kier molecular flexibility index (Phi) is 6.58. The fourth-order valence-corrected chi connectivity index (χ4v) is 5.11. The Labute approximate surface area is 216 Å². The Hall–Kier alpha value is -4.31. The van der Waals surface area contributed by atoms with Gasteiger partial charge < -0.3 is 24.3 Å². The minimum atomic E-state index is -0.861. The molecule has 1 aliphatic rings. The number of hydrogen-bond acceptors (Lipinski definition) is 8. The number of imidazole rings is 1. The highest BCUT2D eigenvalue weighted by molar-refractivity contribution is 7.10. The fourth-order valence-electron chi connectivity index (χ4n) is 4.29. The summed E-state index contributed by atoms with van der Waals surface area (Å²) in [4.78, 5) is 36.4. The quantitative estimate of drug-likeness (QED) is 0.190. The van der Waals surface area contributed by atoms with Crippen LogP contribution in [0.1, 0.15) is 29.8 Å². The molecular weight excluding hydrogens is 494 g/mol. The molecule has 10 heteroatoms. The van der Waals surface area contributed by atoms with Gasteiger partial charge in [0.25, 0.3) is 5.78 Å². The summed E-state index contributed by atoms with van der Waals surface area (Å²) in [7, 11) is 3.05. The number of rotatable bonds is 8. The van der Waals surface area contributed by atoms with Crippen molar-refractivity contribution in [3.8, 4) is 17.2 Å². The van der Waals surface area contributed by atoms with Crippen molar-refractivity contribution in [2.45, 2.75) is 19.4 Å². The minimum absolute atomic E-state index is 0.00899. The SMILES string of the molecule is CCCOc1ccc(/C(O)=C2\C(=O)C(=O)N(c3nc4cc(OC)c(OC)cc4[nH]3)C2c2cccs2)cc1. The first-order valence-electron chi connectivity index (χ1n) is 11.7. The molecule has 1 amide bonds. The second-order valence-corrected chi connectivity index (χ2v) is 9.32. The zero-order chi connectivity index (χ0) is 26.1. The van der Waals surface area contributed by atoms with Gasteiger partial charge in [-0.25, -0.2) is 4.98 Å². The number of aromatic amines is 1. The van der Waals surface area contributed by atoms with E-state index in [1.54, 1.807) is 36.4 Å². The number of carbonyl (C=O) groups excluding carboxylic acids is 2. The largest absolute Gasteiger partial charge is 0.507 e. The van der Waals surface area contributed by atoms with Gasteiger partial charge in [-0.05, 0) is 42.1 Å². The Balaban J connectivity index is 1.62. The van der Waals surface area contributed by atoms with Crippen molar-refractivity contribution in [2.75, 3.05) is 25.7 Å². The van der Waals surface area contributed by atoms with Crippen LogP contribution in [0.5, 0.6) is 17.2 Å². The second kappa shape index (κ2) is 9.98. The maximum Gasteiger partial charge on any atom is 0.302 e. The highest BCUT2D eigenvalue weighted by atomic mass is 32.1. The van der Waals surface area contributed by atoms with Gasteiger partial charge in [-0.2, -0.15) is 0 Å². The van der Waals surface area contributed by atoms with Crippen LogP contribution in [-0.2, 0) is 9.59 Å². The van der Waals surface area contributed by atoms with E-state index in [1.165, 1.54) is 30.5 Å². The lowest BCUT2D eigenvalue weighted by Gasteiger charge is -2.21. The lowest BCUT2D eigenvalue weighted by molar-refractivity contribution is -0.132. The van der Waals surface area contributed by atoms with Crippen molar-refractivity contribution >= 4 is 45.8 Å². The number of carbonyl (C=O) groups is 2. The molecular formula is C27H25N3O6S. The minimum Gasteiger partial charge on any atom is -0.507 e. The third-order valence-corrected chi connectivity index (χ3v) is 6.99. The molecule has 9 nitrogen and oxygen atoms in total. The third-order valence-electron chi connectivity index (χ3n) is 6.06. The first-order chi connectivity index (χ1) is 18.0. The van der Waals surface area contributed by atoms with Crippen LogP contribution in [0.15, 0.2) is 59.5 Å². The molecule has 4 aromatic rings. The number of ketones is 1. The van der Waals surface area contributed by atoms with Crippen LogP contribution >= 0.6 is 11.3 Å². The number of nitrogens with one attached hydrogen (secondary N) is 1. The summed E-state index contributed by atoms with van der Waals surface area (Å²) in [5.41, 5.74) is 1.53. The normalized spacial score (nSPS) is 16.9. The number of anilines is 1. The van der Waals surface area contributed by atoms with Crippen molar-refractivity contribution in [3.05, 3.63) is 69.9 Å². The summed E-state index contributed by atoms with van der Waals surface area (Å²) < 4.78 is 16.3. The Morgan fingerprint density at radius 3 is 2.49 bits per heavy atom. The van der Waals surface area contributed by atoms with E-state index in [9.17, 15) is 14.7 Å². The third kappa shape index (κ3) is 4.29. The van der Waals surface area contributed by atoms with Gasteiger partial charge >= 0.3 is 5.91 Å². The van der Waals surface area contributed by atoms with E-state index in [2.05, 4.69) is 9.97 Å². The van der Waals surface area contributed by atoms with Gasteiger partial charge in [0.2, 0.25) is 5.95 Å². The molecule has 3 heterocycles. The van der Waals surface area contributed by atoms with Crippen molar-refractivity contribution in [1.82, 2.24) is 9.97 Å². The number of thiophene rings is 1. The zero-order valence-corrected chi connectivity index (χ0v) is 21.3. The molecule has 0 saturated carbocycles. The maximum atomic E-state index is 13.4. The number of aliphatic hydroxyl groups is 1. The summed E-state index contributed by atoms with van der Waals surface area (Å²) in [6, 6.07) is 13.0. The molecule has 0 aliphatic carbocycles. The first-order valence-corrected chi connectivity index (χ1v) is 12.5. The molecule has 190 valence electrons. The first kappa shape index (κ1) is 24.4. The van der Waals surface area contributed by atoms with Gasteiger partial charge in [0.15, 0.2) is 11.5 Å². The molecule has 37 heavy (non-hydrogen) atoms. The molecule has 1 unspecified atom stereocenters. The molecule has 1 fully saturated rings. The van der Waals surface area contributed by atoms with Crippen LogP contribution in [0, 0.1) is 0 Å². The molecule has 0 radical (unpaired) electrons. The molecule has 2 N–H and O–H groups in total. The Morgan fingerprint density at radius 1 is 1.11 bits per heavy atom. The summed E-state index contributed by atoms with van der Waals surface area (Å²) in [6.07, 6.45) is 0.868. The summed E-state index contributed by atoms with van der Waals surface area (Å²) in [5.74, 6) is -0.0425. The second-order valence-electron chi connectivity index (χ2n) is 8.34. The molecule has 1 atom stereocenters. The Morgan fingerprint density at radius 2 is 1.84 bits per heavy atom. The number of amides is 1. The number of aliphatic hydroxyl groups excluding tert-OH is 1. The number of nitrogens with zero attached hydrogens (tertiary/aromatic N) is 2. The smallest absolute Gasteiger partial charge is 0.302 e. The van der Waals surface area contributed by atoms with Gasteiger partial charge in [-0.1, -0.05) is 13.0 Å². The molecule has 0 spiro atoms. The number of H-pyrrole nitrogens is 1. The van der Waals surface area contributed by atoms with E-state index >= 15 is 0 Å². The summed E-state index contributed by atoms with van der Waals surface area (Å²) >= 11 is 1.38. The average molecular weight is 520 g/mol. The van der Waals surface area contributed by atoms with E-state index in [-0.39, 0.29) is 17.3 Å². The number of Topliss-reactive ketones (excluding diaryl/α,β-unsaturated/α-hetero) is 1. The monoisotopic (exact) mass is 519 g/mol. The number of ether oxygens (including phenoxy) is 3. The van der Waals surface area contributed by atoms with E-state index in [0.29, 0.717) is 45.3 Å². The molecule has 1 aliphatic heterocycles. The number of benzene rings is 2. The standard InChI is InChI=1S/C27H25N3O6S/c1-4-11-36-16-9-7-15(8-10-16)24(31)22-23(21-6-5-12-37-21)30(26(33)25(22)32)27-28-17-13-19(34-2)20(35-3)14-18(17)29-27/h5-10,12-14,23,31H,4,11H2,1-3H3,(H,28,29)/b24-22+. The predicted molar refractivity (Wildman–Crippen MR) is 141 cm³/mol. The van der Waals surface area contributed by atoms with Gasteiger partial charge in [0.05, 0.1) is 37.4 Å². The van der Waals surface area contributed by atoms with Crippen LogP contribution in [0.2, 0.25) is 0 Å². The van der Waals surface area contributed by atoms with Crippen molar-refractivity contribution in [3.63, 3.8) is 0 Å². The van der Waals surface area contributed by atoms with Crippen molar-refractivity contribution < 1.29 is 28.9 Å². The van der Waals surface area contributed by atoms with Crippen molar-refractivity contribution in [2.24, 2.45) is 0 Å². The number of hydrogen-bond donors (Lipinski definition) is 2. The molecule has 2 aromatic heterocycles. The average Bonchev–Trinajstić information content (AvgIpc) is 3.65. The van der Waals surface area contributed by atoms with Crippen LogP contribution in [0.25, 0.3) is 16.8 Å². The van der Waals surface area contributed by atoms with Gasteiger partial charge in [-0.3, -0.25) is 14.5 Å². The van der Waals surface area contributed by atoms with E-state index in [1.807, 2.05) is 24.4 Å². The topological polar surface area (TPSA) is 114 Å². The molecule has 1 saturated heterocycles. The van der Waals surface area contributed by atoms with Gasteiger partial charge in [0, 0.05) is 22.6 Å². The fraction of sp³-hybridized carbons (Fsp3) is 0.222. The number of methoxy groups -OCH3 is 2. The predicted octanol–water partition coefficient (Wildman–Crippen LogP) is 5.06.